The van der Waals surface area contributed by atoms with E-state index >= 15 is 0 Å². The van der Waals surface area contributed by atoms with Gasteiger partial charge in [0.25, 0.3) is 0 Å². The van der Waals surface area contributed by atoms with Crippen molar-refractivity contribution in [1.29, 1.82) is 0 Å². The fourth-order valence-electron chi connectivity index (χ4n) is 4.43. The molecule has 2 aromatic rings. The van der Waals surface area contributed by atoms with E-state index in [9.17, 15) is 4.39 Å². The van der Waals surface area contributed by atoms with Crippen molar-refractivity contribution in [2.75, 3.05) is 13.1 Å². The minimum Gasteiger partial charge on any atom is -0.317 e. The lowest BCUT2D eigenvalue weighted by atomic mass is 9.74. The monoisotopic (exact) mass is 450 g/mol. The molecule has 2 fully saturated rings. The molecule has 27 heavy (non-hydrogen) atoms. The average molecular weight is 452 g/mol. The van der Waals surface area contributed by atoms with Crippen molar-refractivity contribution in [3.63, 3.8) is 0 Å². The molecule has 0 amide bonds. The lowest BCUT2D eigenvalue weighted by Crippen LogP contribution is -2.51. The Morgan fingerprint density at radius 3 is 2.56 bits per heavy atom. The highest BCUT2D eigenvalue weighted by atomic mass is 79.9. The summed E-state index contributed by atoms with van der Waals surface area (Å²) in [6.07, 6.45) is 4.59. The van der Waals surface area contributed by atoms with Crippen molar-refractivity contribution < 1.29 is 4.39 Å². The first-order valence-electron chi connectivity index (χ1n) is 9.76. The summed E-state index contributed by atoms with van der Waals surface area (Å²) in [5.41, 5.74) is 2.40. The second-order valence-corrected chi connectivity index (χ2v) is 9.04. The molecular weight excluding hydrogens is 427 g/mol. The summed E-state index contributed by atoms with van der Waals surface area (Å²) in [6.45, 7) is 3.10. The quantitative estimate of drug-likeness (QED) is 0.623. The number of piperidine rings is 1. The molecule has 0 bridgehead atoms. The predicted octanol–water partition coefficient (Wildman–Crippen LogP) is 5.74. The van der Waals surface area contributed by atoms with E-state index in [1.807, 2.05) is 12.1 Å². The zero-order chi connectivity index (χ0) is 18.8. The number of benzene rings is 2. The Bertz CT molecular complexity index is 788. The summed E-state index contributed by atoms with van der Waals surface area (Å²) in [5, 5.41) is 4.24. The average Bonchev–Trinajstić information content (AvgIpc) is 2.63. The van der Waals surface area contributed by atoms with Crippen LogP contribution in [-0.4, -0.2) is 30.1 Å². The normalized spacial score (nSPS) is 23.4. The number of halogens is 3. The lowest BCUT2D eigenvalue weighted by molar-refractivity contribution is 0.0434. The zero-order valence-electron chi connectivity index (χ0n) is 15.3. The van der Waals surface area contributed by atoms with Gasteiger partial charge in [0.1, 0.15) is 5.82 Å². The Hall–Kier alpha value is -0.940. The van der Waals surface area contributed by atoms with Crippen LogP contribution in [0, 0.1) is 5.82 Å². The van der Waals surface area contributed by atoms with E-state index in [0.29, 0.717) is 18.0 Å². The first-order valence-corrected chi connectivity index (χ1v) is 10.9. The molecule has 1 aliphatic heterocycles. The number of nitrogens with one attached hydrogen (secondary N) is 1. The van der Waals surface area contributed by atoms with Gasteiger partial charge in [0.05, 0.1) is 5.02 Å². The van der Waals surface area contributed by atoms with Crippen molar-refractivity contribution >= 4 is 27.5 Å². The molecule has 0 unspecified atom stereocenters. The maximum atomic E-state index is 13.6. The van der Waals surface area contributed by atoms with Crippen molar-refractivity contribution in [2.24, 2.45) is 0 Å². The second kappa shape index (κ2) is 8.60. The summed E-state index contributed by atoms with van der Waals surface area (Å²) in [6, 6.07) is 14.5. The van der Waals surface area contributed by atoms with Gasteiger partial charge < -0.3 is 5.32 Å². The molecule has 1 aliphatic carbocycles. The standard InChI is InChI=1S/C22H25BrClFN2/c23-21-5-4-15(10-22(21)24)14-27(19-6-8-26-9-7-19)20-12-17(13-20)16-2-1-3-18(25)11-16/h1-5,10-11,17,19-20,26H,6-9,12-14H2. The summed E-state index contributed by atoms with van der Waals surface area (Å²) >= 11 is 9.80. The fourth-order valence-corrected chi connectivity index (χ4v) is 4.88. The summed E-state index contributed by atoms with van der Waals surface area (Å²) < 4.78 is 14.5. The zero-order valence-corrected chi connectivity index (χ0v) is 17.6. The topological polar surface area (TPSA) is 15.3 Å². The van der Waals surface area contributed by atoms with Crippen molar-refractivity contribution in [1.82, 2.24) is 10.2 Å². The minimum atomic E-state index is -0.129. The molecule has 0 atom stereocenters. The molecule has 1 heterocycles. The van der Waals surface area contributed by atoms with Crippen LogP contribution in [-0.2, 0) is 6.54 Å². The lowest BCUT2D eigenvalue weighted by Gasteiger charge is -2.48. The SMILES string of the molecule is Fc1cccc(C2CC(N(Cc3ccc(Br)c(Cl)c3)C3CCNCC3)C2)c1. The van der Waals surface area contributed by atoms with Gasteiger partial charge in [-0.3, -0.25) is 4.90 Å². The van der Waals surface area contributed by atoms with Gasteiger partial charge in [-0.05, 0) is 96.0 Å². The van der Waals surface area contributed by atoms with Crippen molar-refractivity contribution in [3.05, 3.63) is 68.9 Å². The van der Waals surface area contributed by atoms with Crippen LogP contribution in [0.15, 0.2) is 46.9 Å². The van der Waals surface area contributed by atoms with Gasteiger partial charge >= 0.3 is 0 Å². The molecule has 2 nitrogen and oxygen atoms in total. The van der Waals surface area contributed by atoms with Crippen LogP contribution >= 0.6 is 27.5 Å². The number of rotatable bonds is 5. The van der Waals surface area contributed by atoms with E-state index in [1.165, 1.54) is 24.5 Å². The Morgan fingerprint density at radius 1 is 1.07 bits per heavy atom. The number of nitrogens with zero attached hydrogens (tertiary/aromatic N) is 1. The van der Waals surface area contributed by atoms with Crippen LogP contribution in [0.3, 0.4) is 0 Å². The predicted molar refractivity (Wildman–Crippen MR) is 113 cm³/mol. The Balaban J connectivity index is 1.48. The minimum absolute atomic E-state index is 0.129. The largest absolute Gasteiger partial charge is 0.317 e. The molecule has 1 N–H and O–H groups in total. The molecule has 0 radical (unpaired) electrons. The summed E-state index contributed by atoms with van der Waals surface area (Å²) in [4.78, 5) is 2.68. The van der Waals surface area contributed by atoms with Crippen LogP contribution in [0.1, 0.15) is 42.7 Å². The molecule has 0 spiro atoms. The summed E-state index contributed by atoms with van der Waals surface area (Å²) in [5.74, 6) is 0.346. The Labute approximate surface area is 174 Å². The fraction of sp³-hybridized carbons (Fsp3) is 0.455. The van der Waals surface area contributed by atoms with E-state index < -0.39 is 0 Å². The molecule has 4 rings (SSSR count). The van der Waals surface area contributed by atoms with E-state index in [0.717, 1.165) is 47.5 Å². The molecule has 2 aromatic carbocycles. The summed E-state index contributed by atoms with van der Waals surface area (Å²) in [7, 11) is 0. The highest BCUT2D eigenvalue weighted by Gasteiger charge is 2.37. The molecule has 1 saturated carbocycles. The molecule has 1 saturated heterocycles. The van der Waals surface area contributed by atoms with Crippen molar-refractivity contribution in [2.45, 2.75) is 50.2 Å². The van der Waals surface area contributed by atoms with E-state index in [-0.39, 0.29) is 5.82 Å². The van der Waals surface area contributed by atoms with E-state index in [1.54, 1.807) is 6.07 Å². The van der Waals surface area contributed by atoms with Gasteiger partial charge in [-0.15, -0.1) is 0 Å². The molecule has 0 aromatic heterocycles. The Kier molecular flexibility index (Phi) is 6.18. The van der Waals surface area contributed by atoms with E-state index in [4.69, 9.17) is 11.6 Å². The van der Waals surface area contributed by atoms with Gasteiger partial charge in [0.2, 0.25) is 0 Å². The molecule has 5 heteroatoms. The Morgan fingerprint density at radius 2 is 1.85 bits per heavy atom. The third-order valence-corrected chi connectivity index (χ3v) is 7.26. The molecule has 2 aliphatic rings. The van der Waals surface area contributed by atoms with Gasteiger partial charge in [-0.1, -0.05) is 29.8 Å². The maximum absolute atomic E-state index is 13.6. The van der Waals surface area contributed by atoms with Crippen LogP contribution in [0.5, 0.6) is 0 Å². The first-order chi connectivity index (χ1) is 13.1. The molecule has 144 valence electrons. The van der Waals surface area contributed by atoms with Crippen LogP contribution in [0.2, 0.25) is 5.02 Å². The van der Waals surface area contributed by atoms with Gasteiger partial charge in [0, 0.05) is 23.1 Å². The van der Waals surface area contributed by atoms with E-state index in [2.05, 4.69) is 44.3 Å². The third-order valence-electron chi connectivity index (χ3n) is 6.03. The van der Waals surface area contributed by atoms with Gasteiger partial charge in [-0.2, -0.15) is 0 Å². The van der Waals surface area contributed by atoms with Gasteiger partial charge in [0.15, 0.2) is 0 Å². The van der Waals surface area contributed by atoms with Gasteiger partial charge in [-0.25, -0.2) is 4.39 Å². The number of hydrogen-bond donors (Lipinski definition) is 1. The smallest absolute Gasteiger partial charge is 0.123 e. The highest BCUT2D eigenvalue weighted by molar-refractivity contribution is 9.10. The second-order valence-electron chi connectivity index (χ2n) is 7.78. The van der Waals surface area contributed by atoms with Crippen molar-refractivity contribution in [3.8, 4) is 0 Å². The number of hydrogen-bond acceptors (Lipinski definition) is 2. The first kappa shape index (κ1) is 19.4. The van der Waals surface area contributed by atoms with Crippen LogP contribution in [0.25, 0.3) is 0 Å². The van der Waals surface area contributed by atoms with Crippen LogP contribution in [0.4, 0.5) is 4.39 Å². The highest BCUT2D eigenvalue weighted by Crippen LogP contribution is 2.42. The third kappa shape index (κ3) is 4.56. The van der Waals surface area contributed by atoms with Crippen LogP contribution < -0.4 is 5.32 Å². The molecular formula is C22H25BrClFN2. The maximum Gasteiger partial charge on any atom is 0.123 e.